The number of amides is 1. The summed E-state index contributed by atoms with van der Waals surface area (Å²) in [5, 5.41) is 2.84. The van der Waals surface area contributed by atoms with Gasteiger partial charge in [-0.3, -0.25) is 4.79 Å². The number of anilines is 1. The van der Waals surface area contributed by atoms with Crippen molar-refractivity contribution in [3.63, 3.8) is 0 Å². The predicted molar refractivity (Wildman–Crippen MR) is 93.6 cm³/mol. The molecular formula is C16H21ClN4O3. The van der Waals surface area contributed by atoms with Crippen molar-refractivity contribution in [1.29, 1.82) is 0 Å². The van der Waals surface area contributed by atoms with Crippen LogP contribution in [-0.4, -0.2) is 35.6 Å². The lowest BCUT2D eigenvalue weighted by Gasteiger charge is -2.14. The van der Waals surface area contributed by atoms with Crippen LogP contribution in [0.2, 0.25) is 0 Å². The smallest absolute Gasteiger partial charge is 0.321 e. The van der Waals surface area contributed by atoms with Gasteiger partial charge in [0.2, 0.25) is 5.91 Å². The maximum Gasteiger partial charge on any atom is 0.321 e. The van der Waals surface area contributed by atoms with Crippen LogP contribution in [0.1, 0.15) is 12.0 Å². The summed E-state index contributed by atoms with van der Waals surface area (Å²) in [6.45, 7) is 2.18. The van der Waals surface area contributed by atoms with Gasteiger partial charge in [-0.25, -0.2) is 9.97 Å². The second-order valence-corrected chi connectivity index (χ2v) is 4.96. The van der Waals surface area contributed by atoms with Crippen LogP contribution in [0.15, 0.2) is 36.7 Å². The molecule has 0 radical (unpaired) electrons. The topological polar surface area (TPSA) is 99.4 Å². The number of benzene rings is 1. The van der Waals surface area contributed by atoms with Crippen LogP contribution in [-0.2, 0) is 9.53 Å². The summed E-state index contributed by atoms with van der Waals surface area (Å²) < 4.78 is 10.7. The summed E-state index contributed by atoms with van der Waals surface area (Å²) in [6.07, 6.45) is 3.14. The highest BCUT2D eigenvalue weighted by Gasteiger charge is 2.12. The first-order valence-corrected chi connectivity index (χ1v) is 7.20. The molecule has 1 unspecified atom stereocenters. The lowest BCUT2D eigenvalue weighted by atomic mass is 10.1. The first-order valence-electron chi connectivity index (χ1n) is 7.20. The highest BCUT2D eigenvalue weighted by Crippen LogP contribution is 2.24. The molecule has 2 rings (SSSR count). The lowest BCUT2D eigenvalue weighted by Crippen LogP contribution is -2.28. The minimum Gasteiger partial charge on any atom is -0.424 e. The van der Waals surface area contributed by atoms with E-state index in [2.05, 4.69) is 15.3 Å². The van der Waals surface area contributed by atoms with Crippen molar-refractivity contribution < 1.29 is 14.3 Å². The van der Waals surface area contributed by atoms with Gasteiger partial charge in [-0.05, 0) is 36.8 Å². The molecule has 8 heteroatoms. The molecule has 0 aliphatic carbocycles. The van der Waals surface area contributed by atoms with Crippen molar-refractivity contribution >= 4 is 24.0 Å². The Balaban J connectivity index is 0.00000288. The number of ether oxygens (including phenoxy) is 2. The zero-order chi connectivity index (χ0) is 16.7. The molecule has 3 N–H and O–H groups in total. The Morgan fingerprint density at radius 1 is 1.33 bits per heavy atom. The molecule has 0 bridgehead atoms. The molecule has 1 atom stereocenters. The Kier molecular flexibility index (Phi) is 8.11. The number of halogens is 1. The highest BCUT2D eigenvalue weighted by molar-refractivity contribution is 5.91. The Morgan fingerprint density at radius 3 is 2.62 bits per heavy atom. The molecule has 0 fully saturated rings. The third-order valence-corrected chi connectivity index (χ3v) is 3.23. The van der Waals surface area contributed by atoms with Gasteiger partial charge in [0.05, 0.1) is 12.5 Å². The van der Waals surface area contributed by atoms with Gasteiger partial charge < -0.3 is 20.5 Å². The monoisotopic (exact) mass is 352 g/mol. The zero-order valence-electron chi connectivity index (χ0n) is 13.6. The van der Waals surface area contributed by atoms with E-state index in [0.29, 0.717) is 18.0 Å². The number of nitrogens with two attached hydrogens (primary N) is 1. The van der Waals surface area contributed by atoms with Crippen LogP contribution in [0.25, 0.3) is 0 Å². The zero-order valence-corrected chi connectivity index (χ0v) is 14.4. The highest BCUT2D eigenvalue weighted by atomic mass is 35.5. The molecule has 1 aromatic carbocycles. The van der Waals surface area contributed by atoms with Crippen molar-refractivity contribution in [2.45, 2.75) is 19.4 Å². The van der Waals surface area contributed by atoms with E-state index < -0.39 is 0 Å². The minimum absolute atomic E-state index is 0. The van der Waals surface area contributed by atoms with E-state index in [4.69, 9.17) is 15.2 Å². The van der Waals surface area contributed by atoms with E-state index in [1.807, 2.05) is 13.0 Å². The molecule has 1 aromatic heterocycles. The van der Waals surface area contributed by atoms with E-state index >= 15 is 0 Å². The maximum atomic E-state index is 12.0. The average Bonchev–Trinajstić information content (AvgIpc) is 2.56. The maximum absolute atomic E-state index is 12.0. The Labute approximate surface area is 147 Å². The molecule has 0 spiro atoms. The summed E-state index contributed by atoms with van der Waals surface area (Å²) in [6, 6.07) is 7.31. The third-order valence-electron chi connectivity index (χ3n) is 3.23. The van der Waals surface area contributed by atoms with Gasteiger partial charge in [0, 0.05) is 31.7 Å². The quantitative estimate of drug-likeness (QED) is 0.793. The summed E-state index contributed by atoms with van der Waals surface area (Å²) >= 11 is 0. The number of hydrogen-bond acceptors (Lipinski definition) is 6. The van der Waals surface area contributed by atoms with Crippen molar-refractivity contribution in [3.05, 3.63) is 42.2 Å². The minimum atomic E-state index is -0.284. The van der Waals surface area contributed by atoms with E-state index in [1.54, 1.807) is 30.6 Å². The number of carbonyl (C=O) groups excluding carboxylic acids is 1. The average molecular weight is 353 g/mol. The van der Waals surface area contributed by atoms with E-state index in [1.165, 1.54) is 7.11 Å². The second-order valence-electron chi connectivity index (χ2n) is 4.96. The number of rotatable bonds is 7. The Hall–Kier alpha value is -2.22. The second kappa shape index (κ2) is 9.82. The van der Waals surface area contributed by atoms with Crippen molar-refractivity contribution in [3.8, 4) is 11.8 Å². The number of aryl methyl sites for hydroxylation is 1. The van der Waals surface area contributed by atoms with Gasteiger partial charge in [-0.2, -0.15) is 0 Å². The van der Waals surface area contributed by atoms with Gasteiger partial charge >= 0.3 is 6.01 Å². The predicted octanol–water partition coefficient (Wildman–Crippen LogP) is 2.30. The number of hydrogen-bond donors (Lipinski definition) is 2. The van der Waals surface area contributed by atoms with Crippen molar-refractivity contribution in [1.82, 2.24) is 9.97 Å². The molecule has 0 saturated carbocycles. The molecule has 7 nitrogen and oxygen atoms in total. The standard InChI is InChI=1S/C16H20N4O3.ClH/c1-11-8-12(23-16-18-6-3-7-19-16)4-5-14(11)20-15(21)9-13(10-17)22-2;/h3-8,13H,9-10,17H2,1-2H3,(H,20,21);1H. The number of methoxy groups -OCH3 is 1. The van der Waals surface area contributed by atoms with Gasteiger partial charge in [0.15, 0.2) is 0 Å². The summed E-state index contributed by atoms with van der Waals surface area (Å²) in [4.78, 5) is 20.0. The van der Waals surface area contributed by atoms with Crippen LogP contribution < -0.4 is 15.8 Å². The van der Waals surface area contributed by atoms with Crippen LogP contribution in [0.4, 0.5) is 5.69 Å². The molecule has 1 amide bonds. The van der Waals surface area contributed by atoms with Crippen LogP contribution in [0, 0.1) is 6.92 Å². The van der Waals surface area contributed by atoms with Crippen LogP contribution in [0.3, 0.4) is 0 Å². The van der Waals surface area contributed by atoms with Crippen LogP contribution >= 0.6 is 12.4 Å². The molecular weight excluding hydrogens is 332 g/mol. The normalized spacial score (nSPS) is 11.3. The molecule has 0 aliphatic heterocycles. The van der Waals surface area contributed by atoms with Crippen LogP contribution in [0.5, 0.6) is 11.8 Å². The fourth-order valence-corrected chi connectivity index (χ4v) is 1.95. The number of carbonyl (C=O) groups is 1. The summed E-state index contributed by atoms with van der Waals surface area (Å²) in [7, 11) is 1.54. The molecule has 2 aromatic rings. The Morgan fingerprint density at radius 2 is 2.04 bits per heavy atom. The summed E-state index contributed by atoms with van der Waals surface area (Å²) in [5.74, 6) is 0.453. The molecule has 1 heterocycles. The third kappa shape index (κ3) is 5.77. The first kappa shape index (κ1) is 19.8. The van der Waals surface area contributed by atoms with Gasteiger partial charge in [-0.1, -0.05) is 0 Å². The van der Waals surface area contributed by atoms with Gasteiger partial charge in [-0.15, -0.1) is 12.4 Å². The number of nitrogens with zero attached hydrogens (tertiary/aromatic N) is 2. The van der Waals surface area contributed by atoms with Gasteiger partial charge in [0.25, 0.3) is 0 Å². The van der Waals surface area contributed by atoms with Crippen molar-refractivity contribution in [2.75, 3.05) is 19.0 Å². The SMILES string of the molecule is COC(CN)CC(=O)Nc1ccc(Oc2ncccn2)cc1C.Cl. The molecule has 130 valence electrons. The molecule has 0 saturated heterocycles. The lowest BCUT2D eigenvalue weighted by molar-refractivity contribution is -0.118. The fraction of sp³-hybridized carbons (Fsp3) is 0.312. The number of aromatic nitrogens is 2. The Bertz CT molecular complexity index is 651. The van der Waals surface area contributed by atoms with Crippen molar-refractivity contribution in [2.24, 2.45) is 5.73 Å². The summed E-state index contributed by atoms with van der Waals surface area (Å²) in [5.41, 5.74) is 7.09. The largest absolute Gasteiger partial charge is 0.424 e. The van der Waals surface area contributed by atoms with E-state index in [-0.39, 0.29) is 36.8 Å². The molecule has 24 heavy (non-hydrogen) atoms. The fourth-order valence-electron chi connectivity index (χ4n) is 1.95. The number of nitrogens with one attached hydrogen (secondary N) is 1. The van der Waals surface area contributed by atoms with Gasteiger partial charge in [0.1, 0.15) is 5.75 Å². The van der Waals surface area contributed by atoms with E-state index in [0.717, 1.165) is 5.56 Å². The van der Waals surface area contributed by atoms with E-state index in [9.17, 15) is 4.79 Å². The first-order chi connectivity index (χ1) is 11.1. The molecule has 0 aliphatic rings.